The van der Waals surface area contributed by atoms with Crippen molar-refractivity contribution in [3.8, 4) is 5.75 Å². The third-order valence-electron chi connectivity index (χ3n) is 2.28. The standard InChI is InChI=1S/C11H11NO2S/c1-14-8-3-4-9(15-2)11-10(8)7(13)5-6-12-11/h3-6H,1-2H3,(H,12,13). The first-order chi connectivity index (χ1) is 7.27. The molecule has 3 nitrogen and oxygen atoms in total. The van der Waals surface area contributed by atoms with Crippen LogP contribution in [0.2, 0.25) is 0 Å². The minimum atomic E-state index is -0.0171. The van der Waals surface area contributed by atoms with Crippen LogP contribution in [-0.4, -0.2) is 18.3 Å². The highest BCUT2D eigenvalue weighted by Crippen LogP contribution is 2.28. The maximum Gasteiger partial charge on any atom is 0.193 e. The molecule has 0 bridgehead atoms. The molecule has 0 atom stereocenters. The summed E-state index contributed by atoms with van der Waals surface area (Å²) >= 11 is 1.60. The summed E-state index contributed by atoms with van der Waals surface area (Å²) in [5, 5.41) is 0.617. The molecule has 78 valence electrons. The van der Waals surface area contributed by atoms with Crippen LogP contribution in [0.1, 0.15) is 0 Å². The van der Waals surface area contributed by atoms with Gasteiger partial charge in [0, 0.05) is 17.2 Å². The van der Waals surface area contributed by atoms with Crippen molar-refractivity contribution in [3.05, 3.63) is 34.6 Å². The molecule has 0 fully saturated rings. The van der Waals surface area contributed by atoms with E-state index in [1.807, 2.05) is 18.4 Å². The first-order valence-corrected chi connectivity index (χ1v) is 5.72. The quantitative estimate of drug-likeness (QED) is 0.791. The number of ether oxygens (including phenoxy) is 1. The van der Waals surface area contributed by atoms with Crippen molar-refractivity contribution in [2.45, 2.75) is 4.90 Å². The summed E-state index contributed by atoms with van der Waals surface area (Å²) in [6.45, 7) is 0. The van der Waals surface area contributed by atoms with Gasteiger partial charge in [-0.3, -0.25) is 4.79 Å². The minimum absolute atomic E-state index is 0.0171. The van der Waals surface area contributed by atoms with Gasteiger partial charge in [0.15, 0.2) is 5.43 Å². The highest BCUT2D eigenvalue weighted by Gasteiger charge is 2.08. The van der Waals surface area contributed by atoms with Gasteiger partial charge in [-0.1, -0.05) is 0 Å². The second-order valence-electron chi connectivity index (χ2n) is 3.06. The number of pyridine rings is 1. The number of aromatic amines is 1. The van der Waals surface area contributed by atoms with Crippen LogP contribution in [0.5, 0.6) is 5.75 Å². The van der Waals surface area contributed by atoms with Gasteiger partial charge in [0.1, 0.15) is 5.75 Å². The van der Waals surface area contributed by atoms with Gasteiger partial charge in [0.05, 0.1) is 18.0 Å². The fourth-order valence-corrected chi connectivity index (χ4v) is 2.15. The average molecular weight is 221 g/mol. The summed E-state index contributed by atoms with van der Waals surface area (Å²) in [5.41, 5.74) is 0.825. The lowest BCUT2D eigenvalue weighted by molar-refractivity contribution is 0.419. The van der Waals surface area contributed by atoms with Crippen LogP contribution in [0.15, 0.2) is 34.1 Å². The van der Waals surface area contributed by atoms with Crippen molar-refractivity contribution >= 4 is 22.7 Å². The summed E-state index contributed by atoms with van der Waals surface area (Å²) in [4.78, 5) is 15.8. The number of H-pyrrole nitrogens is 1. The van der Waals surface area contributed by atoms with Crippen molar-refractivity contribution in [2.75, 3.05) is 13.4 Å². The molecule has 4 heteroatoms. The van der Waals surface area contributed by atoms with Crippen LogP contribution in [0.25, 0.3) is 10.9 Å². The van der Waals surface area contributed by atoms with Crippen molar-refractivity contribution in [3.63, 3.8) is 0 Å². The maximum atomic E-state index is 11.7. The molecule has 0 saturated heterocycles. The molecule has 1 heterocycles. The van der Waals surface area contributed by atoms with Gasteiger partial charge in [-0.25, -0.2) is 0 Å². The lowest BCUT2D eigenvalue weighted by atomic mass is 10.2. The first-order valence-electron chi connectivity index (χ1n) is 4.50. The molecule has 0 aliphatic carbocycles. The maximum absolute atomic E-state index is 11.7. The van der Waals surface area contributed by atoms with Gasteiger partial charge in [-0.15, -0.1) is 11.8 Å². The van der Waals surface area contributed by atoms with Gasteiger partial charge in [0.2, 0.25) is 0 Å². The van der Waals surface area contributed by atoms with Crippen LogP contribution >= 0.6 is 11.8 Å². The summed E-state index contributed by atoms with van der Waals surface area (Å²) in [7, 11) is 1.57. The number of aromatic nitrogens is 1. The molecule has 0 amide bonds. The highest BCUT2D eigenvalue weighted by molar-refractivity contribution is 7.98. The fraction of sp³-hybridized carbons (Fsp3) is 0.182. The molecular weight excluding hydrogens is 210 g/mol. The molecule has 2 aromatic rings. The van der Waals surface area contributed by atoms with E-state index in [0.29, 0.717) is 11.1 Å². The third-order valence-corrected chi connectivity index (χ3v) is 3.06. The Morgan fingerprint density at radius 2 is 2.13 bits per heavy atom. The number of methoxy groups -OCH3 is 1. The topological polar surface area (TPSA) is 42.1 Å². The number of hydrogen-bond donors (Lipinski definition) is 1. The van der Waals surface area contributed by atoms with Crippen molar-refractivity contribution < 1.29 is 4.74 Å². The zero-order chi connectivity index (χ0) is 10.8. The van der Waals surface area contributed by atoms with E-state index in [2.05, 4.69) is 4.98 Å². The van der Waals surface area contributed by atoms with Crippen molar-refractivity contribution in [2.24, 2.45) is 0 Å². The van der Waals surface area contributed by atoms with E-state index < -0.39 is 0 Å². The van der Waals surface area contributed by atoms with E-state index in [0.717, 1.165) is 10.4 Å². The second kappa shape index (κ2) is 3.98. The molecule has 0 radical (unpaired) electrons. The van der Waals surface area contributed by atoms with E-state index in [1.54, 1.807) is 25.1 Å². The average Bonchev–Trinajstić information content (AvgIpc) is 2.28. The van der Waals surface area contributed by atoms with Crippen LogP contribution in [0.3, 0.4) is 0 Å². The number of rotatable bonds is 2. The molecule has 0 aliphatic heterocycles. The molecule has 0 aliphatic rings. The smallest absolute Gasteiger partial charge is 0.193 e. The van der Waals surface area contributed by atoms with E-state index in [-0.39, 0.29) is 5.43 Å². The van der Waals surface area contributed by atoms with E-state index in [1.165, 1.54) is 6.07 Å². The lowest BCUT2D eigenvalue weighted by Crippen LogP contribution is -2.03. The zero-order valence-corrected chi connectivity index (χ0v) is 9.35. The second-order valence-corrected chi connectivity index (χ2v) is 3.91. The van der Waals surface area contributed by atoms with Crippen molar-refractivity contribution in [1.29, 1.82) is 0 Å². The molecule has 1 N–H and O–H groups in total. The Morgan fingerprint density at radius 3 is 2.80 bits per heavy atom. The van der Waals surface area contributed by atoms with E-state index in [9.17, 15) is 4.79 Å². The highest BCUT2D eigenvalue weighted by atomic mass is 32.2. The van der Waals surface area contributed by atoms with Gasteiger partial charge in [0.25, 0.3) is 0 Å². The normalized spacial score (nSPS) is 10.5. The molecule has 1 aromatic carbocycles. The Hall–Kier alpha value is -1.42. The Bertz CT molecular complexity index is 548. The van der Waals surface area contributed by atoms with Gasteiger partial charge < -0.3 is 9.72 Å². The Labute approximate surface area is 91.5 Å². The molecular formula is C11H11NO2S. The predicted octanol–water partition coefficient (Wildman–Crippen LogP) is 2.26. The number of thioether (sulfide) groups is 1. The Morgan fingerprint density at radius 1 is 1.33 bits per heavy atom. The fourth-order valence-electron chi connectivity index (χ4n) is 1.58. The molecule has 0 spiro atoms. The van der Waals surface area contributed by atoms with Crippen molar-refractivity contribution in [1.82, 2.24) is 4.98 Å². The largest absolute Gasteiger partial charge is 0.496 e. The molecule has 0 unspecified atom stereocenters. The Kier molecular flexibility index (Phi) is 2.68. The minimum Gasteiger partial charge on any atom is -0.496 e. The Balaban J connectivity index is 2.93. The van der Waals surface area contributed by atoms with Crippen LogP contribution in [-0.2, 0) is 0 Å². The molecule has 1 aromatic heterocycles. The molecule has 2 rings (SSSR count). The predicted molar refractivity (Wildman–Crippen MR) is 62.9 cm³/mol. The number of benzene rings is 1. The van der Waals surface area contributed by atoms with Gasteiger partial charge >= 0.3 is 0 Å². The summed E-state index contributed by atoms with van der Waals surface area (Å²) in [6.07, 6.45) is 3.64. The first kappa shape index (κ1) is 10.1. The summed E-state index contributed by atoms with van der Waals surface area (Å²) < 4.78 is 5.18. The van der Waals surface area contributed by atoms with Crippen LogP contribution < -0.4 is 10.2 Å². The van der Waals surface area contributed by atoms with Gasteiger partial charge in [-0.05, 0) is 18.4 Å². The summed E-state index contributed by atoms with van der Waals surface area (Å²) in [5.74, 6) is 0.615. The SMILES string of the molecule is COc1ccc(SC)c2[nH]ccc(=O)c12. The van der Waals surface area contributed by atoms with Crippen LogP contribution in [0, 0.1) is 0 Å². The lowest BCUT2D eigenvalue weighted by Gasteiger charge is -2.07. The number of nitrogens with one attached hydrogen (secondary N) is 1. The summed E-state index contributed by atoms with van der Waals surface area (Å²) in [6, 6.07) is 5.28. The zero-order valence-electron chi connectivity index (χ0n) is 8.53. The van der Waals surface area contributed by atoms with E-state index >= 15 is 0 Å². The number of hydrogen-bond acceptors (Lipinski definition) is 3. The monoisotopic (exact) mass is 221 g/mol. The van der Waals surface area contributed by atoms with E-state index in [4.69, 9.17) is 4.74 Å². The third kappa shape index (κ3) is 1.61. The number of fused-ring (bicyclic) bond motifs is 1. The van der Waals surface area contributed by atoms with Gasteiger partial charge in [-0.2, -0.15) is 0 Å². The molecule has 15 heavy (non-hydrogen) atoms. The molecule has 0 saturated carbocycles. The van der Waals surface area contributed by atoms with Crippen LogP contribution in [0.4, 0.5) is 0 Å².